The molecule has 1 amide bonds. The van der Waals surface area contributed by atoms with Crippen molar-refractivity contribution in [3.63, 3.8) is 0 Å². The van der Waals surface area contributed by atoms with Crippen molar-refractivity contribution in [2.24, 2.45) is 0 Å². The maximum Gasteiger partial charge on any atom is 0.251 e. The van der Waals surface area contributed by atoms with Crippen molar-refractivity contribution < 1.29 is 4.79 Å². The molecule has 0 radical (unpaired) electrons. The Kier molecular flexibility index (Phi) is 3.45. The molecule has 2 aromatic rings. The number of rotatable bonds is 3. The number of carbonyl (C=O) groups is 1. The van der Waals surface area contributed by atoms with Crippen molar-refractivity contribution in [2.75, 3.05) is 13.1 Å². The van der Waals surface area contributed by atoms with Crippen LogP contribution in [0.3, 0.4) is 0 Å². The van der Waals surface area contributed by atoms with Gasteiger partial charge in [0.15, 0.2) is 0 Å². The molecule has 3 rings (SSSR count). The van der Waals surface area contributed by atoms with Crippen LogP contribution in [0.1, 0.15) is 30.1 Å². The predicted molar refractivity (Wildman–Crippen MR) is 81.9 cm³/mol. The van der Waals surface area contributed by atoms with Crippen LogP contribution < -0.4 is 10.6 Å². The second kappa shape index (κ2) is 5.25. The molecule has 1 aliphatic heterocycles. The smallest absolute Gasteiger partial charge is 0.251 e. The van der Waals surface area contributed by atoms with Crippen LogP contribution in [0.4, 0.5) is 0 Å². The molecule has 3 nitrogen and oxygen atoms in total. The fourth-order valence-corrected chi connectivity index (χ4v) is 2.82. The summed E-state index contributed by atoms with van der Waals surface area (Å²) in [5.41, 5.74) is 0.775. The maximum atomic E-state index is 12.2. The number of benzene rings is 2. The summed E-state index contributed by atoms with van der Waals surface area (Å²) in [4.78, 5) is 12.2. The van der Waals surface area contributed by atoms with Crippen molar-refractivity contribution in [1.29, 1.82) is 0 Å². The molecule has 1 heterocycles. The Hall–Kier alpha value is -1.87. The molecule has 1 atom stereocenters. The minimum Gasteiger partial charge on any atom is -0.350 e. The zero-order valence-electron chi connectivity index (χ0n) is 11.8. The molecule has 1 unspecified atom stereocenters. The van der Waals surface area contributed by atoms with E-state index in [1.165, 1.54) is 6.42 Å². The molecule has 3 heteroatoms. The summed E-state index contributed by atoms with van der Waals surface area (Å²) < 4.78 is 0. The molecule has 20 heavy (non-hydrogen) atoms. The van der Waals surface area contributed by atoms with Gasteiger partial charge in [-0.15, -0.1) is 0 Å². The largest absolute Gasteiger partial charge is 0.350 e. The summed E-state index contributed by atoms with van der Waals surface area (Å²) in [5.74, 6) is 0.00526. The molecule has 0 aromatic heterocycles. The van der Waals surface area contributed by atoms with E-state index in [1.807, 2.05) is 36.4 Å². The van der Waals surface area contributed by atoms with Crippen LogP contribution in [0, 0.1) is 0 Å². The number of amides is 1. The van der Waals surface area contributed by atoms with E-state index in [0.717, 1.165) is 29.3 Å². The van der Waals surface area contributed by atoms with Crippen molar-refractivity contribution in [3.8, 4) is 0 Å². The van der Waals surface area contributed by atoms with Gasteiger partial charge in [0.25, 0.3) is 5.91 Å². The van der Waals surface area contributed by atoms with Crippen LogP contribution in [0.2, 0.25) is 0 Å². The van der Waals surface area contributed by atoms with Gasteiger partial charge in [0.2, 0.25) is 0 Å². The van der Waals surface area contributed by atoms with Gasteiger partial charge in [-0.2, -0.15) is 0 Å². The molecule has 0 bridgehead atoms. The second-order valence-corrected chi connectivity index (χ2v) is 5.84. The number of nitrogens with one attached hydrogen (secondary N) is 2. The first-order valence-electron chi connectivity index (χ1n) is 7.18. The zero-order valence-corrected chi connectivity index (χ0v) is 11.8. The molecule has 1 aliphatic rings. The molecular formula is C17H20N2O. The quantitative estimate of drug-likeness (QED) is 0.898. The maximum absolute atomic E-state index is 12.2. The lowest BCUT2D eigenvalue weighted by Gasteiger charge is -2.24. The van der Waals surface area contributed by atoms with Crippen LogP contribution in [0.25, 0.3) is 10.8 Å². The first-order valence-corrected chi connectivity index (χ1v) is 7.18. The topological polar surface area (TPSA) is 41.1 Å². The number of fused-ring (bicyclic) bond motifs is 1. The van der Waals surface area contributed by atoms with Gasteiger partial charge in [-0.25, -0.2) is 0 Å². The highest BCUT2D eigenvalue weighted by molar-refractivity contribution is 5.98. The van der Waals surface area contributed by atoms with Gasteiger partial charge in [0.05, 0.1) is 0 Å². The number of hydrogen-bond acceptors (Lipinski definition) is 2. The Morgan fingerprint density at radius 1 is 1.25 bits per heavy atom. The normalized spacial score (nSPS) is 22.1. The van der Waals surface area contributed by atoms with Gasteiger partial charge in [-0.1, -0.05) is 30.3 Å². The molecule has 0 spiro atoms. The van der Waals surface area contributed by atoms with E-state index < -0.39 is 0 Å². The van der Waals surface area contributed by atoms with Crippen molar-refractivity contribution in [3.05, 3.63) is 48.0 Å². The van der Waals surface area contributed by atoms with Gasteiger partial charge in [0.1, 0.15) is 0 Å². The zero-order chi connectivity index (χ0) is 14.0. The monoisotopic (exact) mass is 268 g/mol. The number of carbonyl (C=O) groups excluding carboxylic acids is 1. The first-order chi connectivity index (χ1) is 9.66. The molecule has 1 saturated heterocycles. The Balaban J connectivity index is 1.72. The van der Waals surface area contributed by atoms with Gasteiger partial charge in [-0.05, 0) is 49.2 Å². The van der Waals surface area contributed by atoms with E-state index in [-0.39, 0.29) is 11.4 Å². The highest BCUT2D eigenvalue weighted by Crippen LogP contribution is 2.18. The summed E-state index contributed by atoms with van der Waals surface area (Å²) in [5, 5.41) is 8.76. The molecule has 2 aromatic carbocycles. The third kappa shape index (κ3) is 2.68. The average Bonchev–Trinajstić information content (AvgIpc) is 2.91. The lowest BCUT2D eigenvalue weighted by molar-refractivity contribution is 0.0943. The lowest BCUT2D eigenvalue weighted by atomic mass is 10.00. The van der Waals surface area contributed by atoms with E-state index in [0.29, 0.717) is 6.54 Å². The van der Waals surface area contributed by atoms with E-state index in [1.54, 1.807) is 0 Å². The molecular weight excluding hydrogens is 248 g/mol. The van der Waals surface area contributed by atoms with E-state index in [2.05, 4.69) is 23.6 Å². The Morgan fingerprint density at radius 2 is 2.05 bits per heavy atom. The van der Waals surface area contributed by atoms with E-state index in [9.17, 15) is 4.79 Å². The lowest BCUT2D eigenvalue weighted by Crippen LogP contribution is -2.47. The summed E-state index contributed by atoms with van der Waals surface area (Å²) in [7, 11) is 0. The third-order valence-electron chi connectivity index (χ3n) is 4.11. The van der Waals surface area contributed by atoms with Gasteiger partial charge in [-0.3, -0.25) is 4.79 Å². The molecule has 2 N–H and O–H groups in total. The summed E-state index contributed by atoms with van der Waals surface area (Å²) in [6.45, 7) is 3.89. The summed E-state index contributed by atoms with van der Waals surface area (Å²) in [6, 6.07) is 13.9. The van der Waals surface area contributed by atoms with Crippen LogP contribution in [-0.2, 0) is 0 Å². The van der Waals surface area contributed by atoms with Crippen molar-refractivity contribution >= 4 is 16.7 Å². The van der Waals surface area contributed by atoms with Gasteiger partial charge in [0, 0.05) is 17.6 Å². The molecule has 1 fully saturated rings. The average molecular weight is 268 g/mol. The Morgan fingerprint density at radius 3 is 2.80 bits per heavy atom. The standard InChI is InChI=1S/C17H20N2O/c1-17(9-4-10-19-17)12-18-16(20)15-8-7-13-5-2-3-6-14(13)11-15/h2-3,5-8,11,19H,4,9-10,12H2,1H3,(H,18,20). The Labute approximate surface area is 119 Å². The molecule has 104 valence electrons. The highest BCUT2D eigenvalue weighted by atomic mass is 16.1. The van der Waals surface area contributed by atoms with Crippen LogP contribution >= 0.6 is 0 Å². The summed E-state index contributed by atoms with van der Waals surface area (Å²) in [6.07, 6.45) is 2.30. The number of hydrogen-bond donors (Lipinski definition) is 2. The van der Waals surface area contributed by atoms with Crippen LogP contribution in [-0.4, -0.2) is 24.5 Å². The fourth-order valence-electron chi connectivity index (χ4n) is 2.82. The SMILES string of the molecule is CC1(CNC(=O)c2ccc3ccccc3c2)CCCN1. The van der Waals surface area contributed by atoms with Crippen molar-refractivity contribution in [1.82, 2.24) is 10.6 Å². The van der Waals surface area contributed by atoms with Gasteiger partial charge < -0.3 is 10.6 Å². The van der Waals surface area contributed by atoms with E-state index in [4.69, 9.17) is 0 Å². The highest BCUT2D eigenvalue weighted by Gasteiger charge is 2.28. The summed E-state index contributed by atoms with van der Waals surface area (Å²) >= 11 is 0. The van der Waals surface area contributed by atoms with Crippen molar-refractivity contribution in [2.45, 2.75) is 25.3 Å². The predicted octanol–water partition coefficient (Wildman–Crippen LogP) is 2.71. The first kappa shape index (κ1) is 13.1. The van der Waals surface area contributed by atoms with Crippen LogP contribution in [0.15, 0.2) is 42.5 Å². The Bertz CT molecular complexity index is 630. The minimum atomic E-state index is 0.00526. The second-order valence-electron chi connectivity index (χ2n) is 5.84. The minimum absolute atomic E-state index is 0.00526. The fraction of sp³-hybridized carbons (Fsp3) is 0.353. The molecule has 0 saturated carbocycles. The third-order valence-corrected chi connectivity index (χ3v) is 4.11. The van der Waals surface area contributed by atoms with E-state index >= 15 is 0 Å². The van der Waals surface area contributed by atoms with Gasteiger partial charge >= 0.3 is 0 Å². The molecule has 0 aliphatic carbocycles. The van der Waals surface area contributed by atoms with Crippen LogP contribution in [0.5, 0.6) is 0 Å².